The van der Waals surface area contributed by atoms with E-state index < -0.39 is 0 Å². The monoisotopic (exact) mass is 292 g/mol. The van der Waals surface area contributed by atoms with Crippen molar-refractivity contribution in [1.82, 2.24) is 10.6 Å². The summed E-state index contributed by atoms with van der Waals surface area (Å²) < 4.78 is 10.5. The van der Waals surface area contributed by atoms with E-state index in [1.165, 1.54) is 12.8 Å². The highest BCUT2D eigenvalue weighted by atomic mass is 16.5. The average molecular weight is 292 g/mol. The topological polar surface area (TPSA) is 59.6 Å². The summed E-state index contributed by atoms with van der Waals surface area (Å²) in [5, 5.41) is 5.91. The highest BCUT2D eigenvalue weighted by Gasteiger charge is 2.16. The molecule has 0 unspecified atom stereocenters. The number of hydrogen-bond acceptors (Lipinski definition) is 3. The molecule has 0 atom stereocenters. The van der Waals surface area contributed by atoms with Gasteiger partial charge >= 0.3 is 6.03 Å². The average Bonchev–Trinajstić information content (AvgIpc) is 2.99. The van der Waals surface area contributed by atoms with Crippen molar-refractivity contribution in [3.63, 3.8) is 0 Å². The Balaban J connectivity index is 1.76. The SMILES string of the molecule is COc1ccc(CCNC(=O)NC2CCCC2)cc1OC. The number of amides is 2. The van der Waals surface area contributed by atoms with E-state index in [2.05, 4.69) is 10.6 Å². The summed E-state index contributed by atoms with van der Waals surface area (Å²) >= 11 is 0. The summed E-state index contributed by atoms with van der Waals surface area (Å²) in [5.41, 5.74) is 1.11. The molecule has 0 radical (unpaired) electrons. The Bertz CT molecular complexity index is 471. The molecule has 0 heterocycles. The zero-order chi connectivity index (χ0) is 15.1. The number of methoxy groups -OCH3 is 2. The number of urea groups is 1. The molecule has 1 aromatic carbocycles. The first kappa shape index (κ1) is 15.5. The van der Waals surface area contributed by atoms with Crippen LogP contribution in [0.4, 0.5) is 4.79 Å². The summed E-state index contributed by atoms with van der Waals surface area (Å²) in [4.78, 5) is 11.7. The molecule has 2 N–H and O–H groups in total. The second-order valence-corrected chi connectivity index (χ2v) is 5.32. The molecule has 5 nitrogen and oxygen atoms in total. The summed E-state index contributed by atoms with van der Waals surface area (Å²) in [5.74, 6) is 1.43. The molecule has 1 fully saturated rings. The van der Waals surface area contributed by atoms with Crippen LogP contribution >= 0.6 is 0 Å². The number of ether oxygens (including phenoxy) is 2. The van der Waals surface area contributed by atoms with Gasteiger partial charge in [-0.15, -0.1) is 0 Å². The Labute approximate surface area is 126 Å². The maximum absolute atomic E-state index is 11.7. The molecule has 5 heteroatoms. The molecular formula is C16H24N2O3. The van der Waals surface area contributed by atoms with Crippen LogP contribution in [0.1, 0.15) is 31.2 Å². The standard InChI is InChI=1S/C16H24N2O3/c1-20-14-8-7-12(11-15(14)21-2)9-10-17-16(19)18-13-5-3-4-6-13/h7-8,11,13H,3-6,9-10H2,1-2H3,(H2,17,18,19). The van der Waals surface area contributed by atoms with Crippen LogP contribution in [0.15, 0.2) is 18.2 Å². The summed E-state index contributed by atoms with van der Waals surface area (Å²) in [6, 6.07) is 6.09. The lowest BCUT2D eigenvalue weighted by Gasteiger charge is -2.13. The highest BCUT2D eigenvalue weighted by molar-refractivity contribution is 5.74. The second kappa shape index (κ2) is 7.76. The van der Waals surface area contributed by atoms with Crippen LogP contribution in [-0.4, -0.2) is 32.8 Å². The summed E-state index contributed by atoms with van der Waals surface area (Å²) in [6.45, 7) is 0.605. The molecule has 2 rings (SSSR count). The van der Waals surface area contributed by atoms with Crippen molar-refractivity contribution >= 4 is 6.03 Å². The molecule has 1 aliphatic rings. The minimum absolute atomic E-state index is 0.0672. The predicted octanol–water partition coefficient (Wildman–Crippen LogP) is 2.49. The first-order valence-corrected chi connectivity index (χ1v) is 7.48. The predicted molar refractivity (Wildman–Crippen MR) is 82.0 cm³/mol. The van der Waals surface area contributed by atoms with Crippen molar-refractivity contribution in [1.29, 1.82) is 0 Å². The molecule has 21 heavy (non-hydrogen) atoms. The van der Waals surface area contributed by atoms with Gasteiger partial charge in [-0.05, 0) is 37.0 Å². The van der Waals surface area contributed by atoms with Gasteiger partial charge in [0.05, 0.1) is 14.2 Å². The van der Waals surface area contributed by atoms with E-state index in [-0.39, 0.29) is 6.03 Å². The molecule has 1 aromatic rings. The fourth-order valence-electron chi connectivity index (χ4n) is 2.66. The van der Waals surface area contributed by atoms with Crippen LogP contribution < -0.4 is 20.1 Å². The van der Waals surface area contributed by atoms with Crippen LogP contribution in [0.2, 0.25) is 0 Å². The lowest BCUT2D eigenvalue weighted by Crippen LogP contribution is -2.41. The van der Waals surface area contributed by atoms with Gasteiger partial charge < -0.3 is 20.1 Å². The van der Waals surface area contributed by atoms with Gasteiger partial charge in [-0.2, -0.15) is 0 Å². The van der Waals surface area contributed by atoms with E-state index >= 15 is 0 Å². The van der Waals surface area contributed by atoms with E-state index in [1.54, 1.807) is 14.2 Å². The third kappa shape index (κ3) is 4.55. The Hall–Kier alpha value is -1.91. The third-order valence-corrected chi connectivity index (χ3v) is 3.84. The number of carbonyl (C=O) groups is 1. The van der Waals surface area contributed by atoms with Crippen molar-refractivity contribution in [3.8, 4) is 11.5 Å². The van der Waals surface area contributed by atoms with Gasteiger partial charge in [-0.3, -0.25) is 0 Å². The van der Waals surface area contributed by atoms with Gasteiger partial charge in [-0.25, -0.2) is 4.79 Å². The molecule has 116 valence electrons. The molecule has 1 aliphatic carbocycles. The Morgan fingerprint density at radius 3 is 2.57 bits per heavy atom. The summed E-state index contributed by atoms with van der Waals surface area (Å²) in [7, 11) is 3.24. The van der Waals surface area contributed by atoms with Crippen molar-refractivity contribution < 1.29 is 14.3 Å². The Kier molecular flexibility index (Phi) is 5.72. The molecule has 0 saturated heterocycles. The fraction of sp³-hybridized carbons (Fsp3) is 0.562. The van der Waals surface area contributed by atoms with Crippen LogP contribution in [0, 0.1) is 0 Å². The largest absolute Gasteiger partial charge is 0.493 e. The van der Waals surface area contributed by atoms with Gasteiger partial charge in [0.15, 0.2) is 11.5 Å². The lowest BCUT2D eigenvalue weighted by atomic mass is 10.1. The third-order valence-electron chi connectivity index (χ3n) is 3.84. The maximum Gasteiger partial charge on any atom is 0.315 e. The van der Waals surface area contributed by atoms with Gasteiger partial charge in [0.2, 0.25) is 0 Å². The van der Waals surface area contributed by atoms with E-state index in [0.717, 1.165) is 24.8 Å². The number of nitrogens with one attached hydrogen (secondary N) is 2. The van der Waals surface area contributed by atoms with Crippen molar-refractivity contribution in [3.05, 3.63) is 23.8 Å². The van der Waals surface area contributed by atoms with E-state index in [9.17, 15) is 4.79 Å². The molecule has 1 saturated carbocycles. The van der Waals surface area contributed by atoms with Crippen LogP contribution in [-0.2, 0) is 6.42 Å². The van der Waals surface area contributed by atoms with E-state index in [0.29, 0.717) is 24.1 Å². The normalized spacial score (nSPS) is 14.8. The quantitative estimate of drug-likeness (QED) is 0.847. The Morgan fingerprint density at radius 1 is 1.19 bits per heavy atom. The number of hydrogen-bond donors (Lipinski definition) is 2. The molecular weight excluding hydrogens is 268 g/mol. The minimum Gasteiger partial charge on any atom is -0.493 e. The first-order valence-electron chi connectivity index (χ1n) is 7.48. The molecule has 0 spiro atoms. The van der Waals surface area contributed by atoms with Crippen molar-refractivity contribution in [2.24, 2.45) is 0 Å². The van der Waals surface area contributed by atoms with Crippen LogP contribution in [0.3, 0.4) is 0 Å². The van der Waals surface area contributed by atoms with E-state index in [4.69, 9.17) is 9.47 Å². The molecule has 0 aromatic heterocycles. The van der Waals surface area contributed by atoms with Crippen LogP contribution in [0.5, 0.6) is 11.5 Å². The minimum atomic E-state index is -0.0672. The van der Waals surface area contributed by atoms with Crippen LogP contribution in [0.25, 0.3) is 0 Å². The van der Waals surface area contributed by atoms with Crippen molar-refractivity contribution in [2.75, 3.05) is 20.8 Å². The molecule has 0 aliphatic heterocycles. The van der Waals surface area contributed by atoms with Gasteiger partial charge in [-0.1, -0.05) is 18.9 Å². The molecule has 2 amide bonds. The number of carbonyl (C=O) groups excluding carboxylic acids is 1. The zero-order valence-electron chi connectivity index (χ0n) is 12.8. The van der Waals surface area contributed by atoms with Crippen molar-refractivity contribution in [2.45, 2.75) is 38.1 Å². The van der Waals surface area contributed by atoms with Gasteiger partial charge in [0, 0.05) is 12.6 Å². The second-order valence-electron chi connectivity index (χ2n) is 5.32. The first-order chi connectivity index (χ1) is 10.2. The highest BCUT2D eigenvalue weighted by Crippen LogP contribution is 2.27. The Morgan fingerprint density at radius 2 is 1.90 bits per heavy atom. The number of benzene rings is 1. The summed E-state index contributed by atoms with van der Waals surface area (Å²) in [6.07, 6.45) is 5.40. The number of rotatable bonds is 6. The van der Waals surface area contributed by atoms with Gasteiger partial charge in [0.1, 0.15) is 0 Å². The maximum atomic E-state index is 11.7. The zero-order valence-corrected chi connectivity index (χ0v) is 12.8. The molecule has 0 bridgehead atoms. The smallest absolute Gasteiger partial charge is 0.315 e. The van der Waals surface area contributed by atoms with E-state index in [1.807, 2.05) is 18.2 Å². The lowest BCUT2D eigenvalue weighted by molar-refractivity contribution is 0.237. The van der Waals surface area contributed by atoms with Gasteiger partial charge in [0.25, 0.3) is 0 Å². The fourth-order valence-corrected chi connectivity index (χ4v) is 2.66.